The van der Waals surface area contributed by atoms with E-state index >= 15 is 0 Å². The highest BCUT2D eigenvalue weighted by Gasteiger charge is 2.26. The molecule has 0 spiro atoms. The number of rotatable bonds is 4. The number of nitrogens with zero attached hydrogens (tertiary/aromatic N) is 1. The lowest BCUT2D eigenvalue weighted by Crippen LogP contribution is -2.30. The summed E-state index contributed by atoms with van der Waals surface area (Å²) >= 11 is 0. The van der Waals surface area contributed by atoms with Crippen molar-refractivity contribution in [3.05, 3.63) is 35.4 Å². The van der Waals surface area contributed by atoms with Gasteiger partial charge in [0.05, 0.1) is 5.92 Å². The number of carboxylic acids is 1. The summed E-state index contributed by atoms with van der Waals surface area (Å²) in [7, 11) is 2.13. The van der Waals surface area contributed by atoms with Gasteiger partial charge in [0.25, 0.3) is 0 Å². The topological polar surface area (TPSA) is 66.6 Å². The Kier molecular flexibility index (Phi) is 4.56. The summed E-state index contributed by atoms with van der Waals surface area (Å²) in [6.07, 6.45) is 2.18. The molecule has 1 aliphatic heterocycles. The molecule has 2 rings (SSSR count). The smallest absolute Gasteiger partial charge is 0.312 e. The van der Waals surface area contributed by atoms with Gasteiger partial charge >= 0.3 is 5.97 Å². The van der Waals surface area contributed by atoms with Crippen LogP contribution in [0.5, 0.6) is 0 Å². The summed E-state index contributed by atoms with van der Waals surface area (Å²) < 4.78 is 0. The van der Waals surface area contributed by atoms with E-state index in [9.17, 15) is 9.90 Å². The Morgan fingerprint density at radius 2 is 2.05 bits per heavy atom. The molecule has 1 atom stereocenters. The van der Waals surface area contributed by atoms with E-state index in [2.05, 4.69) is 18.0 Å². The summed E-state index contributed by atoms with van der Waals surface area (Å²) in [5.74, 6) is -0.959. The van der Waals surface area contributed by atoms with E-state index in [1.54, 1.807) is 0 Å². The third-order valence-corrected chi connectivity index (χ3v) is 4.06. The van der Waals surface area contributed by atoms with Crippen LogP contribution in [0.15, 0.2) is 24.3 Å². The van der Waals surface area contributed by atoms with Crippen LogP contribution in [0.25, 0.3) is 0 Å². The van der Waals surface area contributed by atoms with Gasteiger partial charge in [-0.05, 0) is 50.0 Å². The van der Waals surface area contributed by atoms with Crippen molar-refractivity contribution in [2.45, 2.75) is 24.7 Å². The molecule has 1 saturated heterocycles. The minimum Gasteiger partial charge on any atom is -0.481 e. The van der Waals surface area contributed by atoms with Gasteiger partial charge < -0.3 is 15.7 Å². The molecule has 0 radical (unpaired) electrons. The van der Waals surface area contributed by atoms with E-state index in [4.69, 9.17) is 5.73 Å². The van der Waals surface area contributed by atoms with Crippen LogP contribution in [0.1, 0.15) is 35.8 Å². The number of hydrogen-bond acceptors (Lipinski definition) is 3. The van der Waals surface area contributed by atoms with Crippen molar-refractivity contribution in [3.63, 3.8) is 0 Å². The normalized spacial score (nSPS) is 19.3. The van der Waals surface area contributed by atoms with E-state index in [0.29, 0.717) is 5.92 Å². The first-order valence-electron chi connectivity index (χ1n) is 6.83. The van der Waals surface area contributed by atoms with Crippen molar-refractivity contribution >= 4 is 5.97 Å². The van der Waals surface area contributed by atoms with Crippen LogP contribution in [-0.4, -0.2) is 42.7 Å². The summed E-state index contributed by atoms with van der Waals surface area (Å²) in [5, 5.41) is 9.30. The average Bonchev–Trinajstić information content (AvgIpc) is 2.41. The highest BCUT2D eigenvalue weighted by Crippen LogP contribution is 2.33. The summed E-state index contributed by atoms with van der Waals surface area (Å²) in [6.45, 7) is 2.29. The fraction of sp³-hybridized carbons (Fsp3) is 0.533. The molecule has 1 heterocycles. The Morgan fingerprint density at radius 3 is 2.63 bits per heavy atom. The molecule has 4 heteroatoms. The Morgan fingerprint density at radius 1 is 1.42 bits per heavy atom. The molecule has 1 aliphatic rings. The van der Waals surface area contributed by atoms with Gasteiger partial charge in [-0.15, -0.1) is 0 Å². The van der Waals surface area contributed by atoms with Gasteiger partial charge in [0.1, 0.15) is 0 Å². The van der Waals surface area contributed by atoms with Crippen molar-refractivity contribution in [3.8, 4) is 0 Å². The molecule has 1 aromatic carbocycles. The maximum atomic E-state index is 11.3. The van der Waals surface area contributed by atoms with Gasteiger partial charge in [0, 0.05) is 6.54 Å². The highest BCUT2D eigenvalue weighted by atomic mass is 16.4. The van der Waals surface area contributed by atoms with Gasteiger partial charge in [0.2, 0.25) is 0 Å². The largest absolute Gasteiger partial charge is 0.481 e. The second kappa shape index (κ2) is 6.17. The third kappa shape index (κ3) is 3.14. The molecular weight excluding hydrogens is 240 g/mol. The molecule has 0 bridgehead atoms. The van der Waals surface area contributed by atoms with Crippen LogP contribution in [0.3, 0.4) is 0 Å². The molecule has 1 fully saturated rings. The number of piperidine rings is 1. The summed E-state index contributed by atoms with van der Waals surface area (Å²) in [6, 6.07) is 7.88. The van der Waals surface area contributed by atoms with E-state index in [0.717, 1.165) is 31.5 Å². The van der Waals surface area contributed by atoms with E-state index in [1.165, 1.54) is 5.56 Å². The van der Waals surface area contributed by atoms with Crippen molar-refractivity contribution < 1.29 is 9.90 Å². The molecule has 4 nitrogen and oxygen atoms in total. The van der Waals surface area contributed by atoms with Crippen LogP contribution in [0.4, 0.5) is 0 Å². The lowest BCUT2D eigenvalue weighted by atomic mass is 9.82. The molecule has 0 amide bonds. The Bertz CT molecular complexity index is 440. The molecule has 0 saturated carbocycles. The molecule has 104 valence electrons. The first-order chi connectivity index (χ1) is 9.13. The predicted octanol–water partition coefficient (Wildman–Crippen LogP) is 1.62. The number of aliphatic carboxylic acids is 1. The van der Waals surface area contributed by atoms with Crippen LogP contribution in [0, 0.1) is 0 Å². The van der Waals surface area contributed by atoms with Crippen LogP contribution in [0.2, 0.25) is 0 Å². The second-order valence-corrected chi connectivity index (χ2v) is 5.33. The third-order valence-electron chi connectivity index (χ3n) is 4.06. The zero-order chi connectivity index (χ0) is 13.8. The van der Waals surface area contributed by atoms with Crippen molar-refractivity contribution in [2.75, 3.05) is 26.7 Å². The van der Waals surface area contributed by atoms with Gasteiger partial charge in [-0.2, -0.15) is 0 Å². The van der Waals surface area contributed by atoms with Crippen molar-refractivity contribution in [2.24, 2.45) is 5.73 Å². The average molecular weight is 262 g/mol. The summed E-state index contributed by atoms with van der Waals surface area (Å²) in [4.78, 5) is 13.6. The van der Waals surface area contributed by atoms with Gasteiger partial charge in [-0.1, -0.05) is 24.3 Å². The number of carboxylic acid groups (broad SMARTS) is 1. The molecule has 19 heavy (non-hydrogen) atoms. The maximum Gasteiger partial charge on any atom is 0.312 e. The SMILES string of the molecule is CN1CCC(c2ccccc2C(CN)C(=O)O)CC1. The van der Waals surface area contributed by atoms with E-state index < -0.39 is 11.9 Å². The lowest BCUT2D eigenvalue weighted by Gasteiger charge is -2.31. The monoisotopic (exact) mass is 262 g/mol. The summed E-state index contributed by atoms with van der Waals surface area (Å²) in [5.41, 5.74) is 7.71. The van der Waals surface area contributed by atoms with Gasteiger partial charge in [-0.25, -0.2) is 0 Å². The van der Waals surface area contributed by atoms with Crippen molar-refractivity contribution in [1.29, 1.82) is 0 Å². The maximum absolute atomic E-state index is 11.3. The highest BCUT2D eigenvalue weighted by molar-refractivity contribution is 5.77. The number of hydrogen-bond donors (Lipinski definition) is 2. The number of benzene rings is 1. The van der Waals surface area contributed by atoms with Crippen molar-refractivity contribution in [1.82, 2.24) is 4.90 Å². The molecule has 0 aromatic heterocycles. The Labute approximate surface area is 114 Å². The molecule has 3 N–H and O–H groups in total. The van der Waals surface area contributed by atoms with Gasteiger partial charge in [-0.3, -0.25) is 4.79 Å². The fourth-order valence-electron chi connectivity index (χ4n) is 2.88. The number of likely N-dealkylation sites (tertiary alicyclic amines) is 1. The van der Waals surface area contributed by atoms with Crippen LogP contribution >= 0.6 is 0 Å². The van der Waals surface area contributed by atoms with E-state index in [1.807, 2.05) is 18.2 Å². The molecule has 1 aromatic rings. The zero-order valence-corrected chi connectivity index (χ0v) is 11.4. The first-order valence-corrected chi connectivity index (χ1v) is 6.83. The molecule has 1 unspecified atom stereocenters. The molecular formula is C15H22N2O2. The number of nitrogens with two attached hydrogens (primary N) is 1. The second-order valence-electron chi connectivity index (χ2n) is 5.33. The molecule has 0 aliphatic carbocycles. The lowest BCUT2D eigenvalue weighted by molar-refractivity contribution is -0.138. The minimum atomic E-state index is -0.831. The Hall–Kier alpha value is -1.39. The Balaban J connectivity index is 2.27. The standard InChI is InChI=1S/C15H22N2O2/c1-17-8-6-11(7-9-17)12-4-2-3-5-13(12)14(10-16)15(18)19/h2-5,11,14H,6-10,16H2,1H3,(H,18,19). The predicted molar refractivity (Wildman–Crippen MR) is 75.3 cm³/mol. The first kappa shape index (κ1) is 14.0. The van der Waals surface area contributed by atoms with Crippen LogP contribution in [-0.2, 0) is 4.79 Å². The fourth-order valence-corrected chi connectivity index (χ4v) is 2.88. The van der Waals surface area contributed by atoms with E-state index in [-0.39, 0.29) is 6.54 Å². The minimum absolute atomic E-state index is 0.152. The quantitative estimate of drug-likeness (QED) is 0.865. The number of carbonyl (C=O) groups is 1. The van der Waals surface area contributed by atoms with Gasteiger partial charge in [0.15, 0.2) is 0 Å². The van der Waals surface area contributed by atoms with Crippen LogP contribution < -0.4 is 5.73 Å². The zero-order valence-electron chi connectivity index (χ0n) is 11.4.